The van der Waals surface area contributed by atoms with E-state index in [1.807, 2.05) is 0 Å². The fourth-order valence-corrected chi connectivity index (χ4v) is 3.32. The summed E-state index contributed by atoms with van der Waals surface area (Å²) in [5.74, 6) is -0.478. The molecule has 1 aromatic heterocycles. The highest BCUT2D eigenvalue weighted by Crippen LogP contribution is 2.22. The van der Waals surface area contributed by atoms with Gasteiger partial charge in [-0.25, -0.2) is 9.78 Å². The fourth-order valence-electron chi connectivity index (χ4n) is 2.39. The first-order chi connectivity index (χ1) is 12.8. The third kappa shape index (κ3) is 5.54. The van der Waals surface area contributed by atoms with Gasteiger partial charge in [0.25, 0.3) is 5.56 Å². The summed E-state index contributed by atoms with van der Waals surface area (Å²) in [7, 11) is 0. The van der Waals surface area contributed by atoms with E-state index in [0.717, 1.165) is 11.8 Å². The first-order valence-corrected chi connectivity index (χ1v) is 9.60. The average Bonchev–Trinajstić information content (AvgIpc) is 2.60. The molecular weight excluding hydrogens is 368 g/mol. The van der Waals surface area contributed by atoms with Gasteiger partial charge in [0.15, 0.2) is 5.16 Å². The molecule has 0 saturated carbocycles. The number of hydrogen-bond acceptors (Lipinski definition) is 6. The van der Waals surface area contributed by atoms with E-state index in [2.05, 4.69) is 15.6 Å². The van der Waals surface area contributed by atoms with Gasteiger partial charge in [0.2, 0.25) is 5.91 Å². The van der Waals surface area contributed by atoms with E-state index >= 15 is 0 Å². The molecule has 0 bridgehead atoms. The number of aliphatic hydroxyl groups is 1. The largest absolute Gasteiger partial charge is 0.396 e. The zero-order valence-corrected chi connectivity index (χ0v) is 16.4. The Morgan fingerprint density at radius 1 is 1.26 bits per heavy atom. The molecule has 0 radical (unpaired) electrons. The van der Waals surface area contributed by atoms with Crippen LogP contribution in [0.3, 0.4) is 0 Å². The van der Waals surface area contributed by atoms with Crippen molar-refractivity contribution in [3.8, 4) is 0 Å². The first-order valence-electron chi connectivity index (χ1n) is 8.72. The van der Waals surface area contributed by atoms with Crippen LogP contribution in [0.1, 0.15) is 27.2 Å². The number of rotatable bonds is 7. The second kappa shape index (κ2) is 9.52. The minimum absolute atomic E-state index is 0.0607. The standard InChI is InChI=1S/C18H24N4O4S/c1-11(2)19-17(26)21-15(24)12(3)27-18-20-14-8-5-4-7-13(14)16(25)22(18)9-6-10-23/h4-5,7-8,11-12,23H,6,9-10H2,1-3H3,(H2,19,21,24,26)/t12-/m1/s1. The van der Waals surface area contributed by atoms with E-state index in [1.165, 1.54) is 4.57 Å². The van der Waals surface area contributed by atoms with E-state index in [0.29, 0.717) is 22.5 Å². The molecule has 3 amide bonds. The fraction of sp³-hybridized carbons (Fsp3) is 0.444. The molecule has 27 heavy (non-hydrogen) atoms. The van der Waals surface area contributed by atoms with Crippen molar-refractivity contribution in [3.05, 3.63) is 34.6 Å². The number of para-hydroxylation sites is 1. The van der Waals surface area contributed by atoms with Crippen molar-refractivity contribution in [2.45, 2.75) is 50.2 Å². The predicted octanol–water partition coefficient (Wildman–Crippen LogP) is 1.49. The second-order valence-corrected chi connectivity index (χ2v) is 7.63. The van der Waals surface area contributed by atoms with Crippen LogP contribution in [-0.2, 0) is 11.3 Å². The van der Waals surface area contributed by atoms with Crippen LogP contribution in [0.2, 0.25) is 0 Å². The number of nitrogens with zero attached hydrogens (tertiary/aromatic N) is 2. The van der Waals surface area contributed by atoms with Gasteiger partial charge < -0.3 is 10.4 Å². The molecule has 8 nitrogen and oxygen atoms in total. The molecule has 0 aliphatic carbocycles. The SMILES string of the molecule is CC(C)NC(=O)NC(=O)[C@@H](C)Sc1nc2ccccc2c(=O)n1CCCO. The number of fused-ring (bicyclic) bond motifs is 1. The van der Waals surface area contributed by atoms with Crippen LogP contribution >= 0.6 is 11.8 Å². The van der Waals surface area contributed by atoms with Crippen LogP contribution in [-0.4, -0.2) is 44.5 Å². The van der Waals surface area contributed by atoms with Crippen molar-refractivity contribution < 1.29 is 14.7 Å². The van der Waals surface area contributed by atoms with Crippen molar-refractivity contribution in [3.63, 3.8) is 0 Å². The average molecular weight is 392 g/mol. The van der Waals surface area contributed by atoms with E-state index in [1.54, 1.807) is 45.0 Å². The van der Waals surface area contributed by atoms with Crippen molar-refractivity contribution in [1.82, 2.24) is 20.2 Å². The molecule has 0 spiro atoms. The number of benzene rings is 1. The number of nitrogens with one attached hydrogen (secondary N) is 2. The number of aromatic nitrogens is 2. The zero-order valence-electron chi connectivity index (χ0n) is 15.6. The number of aliphatic hydroxyl groups excluding tert-OH is 1. The van der Waals surface area contributed by atoms with Crippen molar-refractivity contribution in [2.75, 3.05) is 6.61 Å². The predicted molar refractivity (Wildman–Crippen MR) is 105 cm³/mol. The van der Waals surface area contributed by atoms with Gasteiger partial charge in [0.05, 0.1) is 16.2 Å². The number of imide groups is 1. The monoisotopic (exact) mass is 392 g/mol. The first kappa shape index (κ1) is 20.9. The zero-order chi connectivity index (χ0) is 20.0. The van der Waals surface area contributed by atoms with Crippen molar-refractivity contribution >= 4 is 34.6 Å². The second-order valence-electron chi connectivity index (χ2n) is 6.32. The molecular formula is C18H24N4O4S. The Labute approximate surface area is 161 Å². The van der Waals surface area contributed by atoms with Gasteiger partial charge in [-0.15, -0.1) is 0 Å². The number of hydrogen-bond donors (Lipinski definition) is 3. The van der Waals surface area contributed by atoms with Crippen LogP contribution in [0.15, 0.2) is 34.2 Å². The maximum Gasteiger partial charge on any atom is 0.321 e. The Hall–Kier alpha value is -2.39. The minimum atomic E-state index is -0.642. The highest BCUT2D eigenvalue weighted by molar-refractivity contribution is 8.00. The lowest BCUT2D eigenvalue weighted by atomic mass is 10.2. The highest BCUT2D eigenvalue weighted by Gasteiger charge is 2.21. The maximum absolute atomic E-state index is 12.8. The van der Waals surface area contributed by atoms with Gasteiger partial charge in [-0.1, -0.05) is 23.9 Å². The quantitative estimate of drug-likeness (QED) is 0.486. The molecule has 1 heterocycles. The van der Waals surface area contributed by atoms with Crippen molar-refractivity contribution in [2.24, 2.45) is 0 Å². The summed E-state index contributed by atoms with van der Waals surface area (Å²) in [6.45, 7) is 5.45. The van der Waals surface area contributed by atoms with Crippen molar-refractivity contribution in [1.29, 1.82) is 0 Å². The summed E-state index contributed by atoms with van der Waals surface area (Å²) in [6, 6.07) is 6.32. The Kier molecular flexibility index (Phi) is 7.37. The molecule has 2 aromatic rings. The van der Waals surface area contributed by atoms with Gasteiger partial charge in [-0.05, 0) is 39.3 Å². The Bertz CT molecular complexity index is 881. The molecule has 0 fully saturated rings. The number of carbonyl (C=O) groups excluding carboxylic acids is 2. The highest BCUT2D eigenvalue weighted by atomic mass is 32.2. The molecule has 0 aliphatic heterocycles. The van der Waals surface area contributed by atoms with Crippen LogP contribution in [0.5, 0.6) is 0 Å². The van der Waals surface area contributed by atoms with Gasteiger partial charge in [-0.2, -0.15) is 0 Å². The minimum Gasteiger partial charge on any atom is -0.396 e. The molecule has 1 atom stereocenters. The summed E-state index contributed by atoms with van der Waals surface area (Å²) in [4.78, 5) is 41.2. The third-order valence-corrected chi connectivity index (χ3v) is 4.76. The van der Waals surface area contributed by atoms with Crippen LogP contribution < -0.4 is 16.2 Å². The van der Waals surface area contributed by atoms with Gasteiger partial charge in [0.1, 0.15) is 0 Å². The molecule has 146 valence electrons. The number of amides is 3. The molecule has 0 saturated heterocycles. The normalized spacial score (nSPS) is 12.2. The van der Waals surface area contributed by atoms with E-state index in [-0.39, 0.29) is 24.8 Å². The van der Waals surface area contributed by atoms with E-state index in [4.69, 9.17) is 5.11 Å². The van der Waals surface area contributed by atoms with Crippen LogP contribution in [0.4, 0.5) is 4.79 Å². The lowest BCUT2D eigenvalue weighted by Gasteiger charge is -2.16. The van der Waals surface area contributed by atoms with E-state index < -0.39 is 17.2 Å². The summed E-state index contributed by atoms with van der Waals surface area (Å²) in [5.41, 5.74) is 0.317. The Morgan fingerprint density at radius 2 is 1.96 bits per heavy atom. The summed E-state index contributed by atoms with van der Waals surface area (Å²) < 4.78 is 1.46. The molecule has 2 rings (SSSR count). The lowest BCUT2D eigenvalue weighted by molar-refractivity contribution is -0.119. The van der Waals surface area contributed by atoms with Crippen LogP contribution in [0.25, 0.3) is 10.9 Å². The summed E-state index contributed by atoms with van der Waals surface area (Å²) in [6.07, 6.45) is 0.394. The number of thioether (sulfide) groups is 1. The van der Waals surface area contributed by atoms with Gasteiger partial charge in [-0.3, -0.25) is 19.5 Å². The Balaban J connectivity index is 2.26. The Morgan fingerprint density at radius 3 is 2.63 bits per heavy atom. The maximum atomic E-state index is 12.8. The molecule has 0 aliphatic rings. The third-order valence-electron chi connectivity index (χ3n) is 3.67. The number of urea groups is 1. The van der Waals surface area contributed by atoms with E-state index in [9.17, 15) is 14.4 Å². The van der Waals surface area contributed by atoms with Gasteiger partial charge in [0, 0.05) is 19.2 Å². The molecule has 3 N–H and O–H groups in total. The summed E-state index contributed by atoms with van der Waals surface area (Å²) >= 11 is 1.10. The summed E-state index contributed by atoms with van der Waals surface area (Å²) in [5, 5.41) is 14.2. The molecule has 9 heteroatoms. The van der Waals surface area contributed by atoms with Crippen LogP contribution in [0, 0.1) is 0 Å². The molecule has 1 aromatic carbocycles. The number of carbonyl (C=O) groups is 2. The molecule has 0 unspecified atom stereocenters. The lowest BCUT2D eigenvalue weighted by Crippen LogP contribution is -2.45. The smallest absolute Gasteiger partial charge is 0.321 e. The topological polar surface area (TPSA) is 113 Å². The van der Waals surface area contributed by atoms with Gasteiger partial charge >= 0.3 is 6.03 Å².